The Bertz CT molecular complexity index is 675. The van der Waals surface area contributed by atoms with Gasteiger partial charge >= 0.3 is 5.97 Å². The quantitative estimate of drug-likeness (QED) is 0.787. The average molecular weight is 352 g/mol. The number of halogens is 1. The number of esters is 1. The Morgan fingerprint density at radius 3 is 2.90 bits per heavy atom. The molecule has 0 radical (unpaired) electrons. The molecule has 4 nitrogen and oxygen atoms in total. The van der Waals surface area contributed by atoms with Gasteiger partial charge in [0.25, 0.3) is 0 Å². The van der Waals surface area contributed by atoms with E-state index < -0.39 is 5.97 Å². The van der Waals surface area contributed by atoms with Gasteiger partial charge < -0.3 is 9.47 Å². The number of nitriles is 1. The van der Waals surface area contributed by atoms with Crippen LogP contribution in [0, 0.1) is 11.3 Å². The van der Waals surface area contributed by atoms with Crippen molar-refractivity contribution in [1.29, 1.82) is 5.26 Å². The number of hydrogen-bond donors (Lipinski definition) is 0. The zero-order chi connectivity index (χ0) is 14.5. The Morgan fingerprint density at radius 2 is 2.20 bits per heavy atom. The molecular formula is C14H10BrNO3S. The van der Waals surface area contributed by atoms with Crippen molar-refractivity contribution in [2.75, 3.05) is 7.11 Å². The molecule has 1 heterocycles. The van der Waals surface area contributed by atoms with Gasteiger partial charge in [-0.3, -0.25) is 0 Å². The third-order valence-corrected chi connectivity index (χ3v) is 4.16. The second-order valence-electron chi connectivity index (χ2n) is 3.78. The van der Waals surface area contributed by atoms with Crippen molar-refractivity contribution in [3.8, 4) is 11.8 Å². The van der Waals surface area contributed by atoms with Crippen LogP contribution in [-0.2, 0) is 11.3 Å². The number of rotatable bonds is 4. The van der Waals surface area contributed by atoms with Crippen molar-refractivity contribution >= 4 is 33.2 Å². The van der Waals surface area contributed by atoms with Gasteiger partial charge in [-0.15, -0.1) is 11.3 Å². The van der Waals surface area contributed by atoms with Crippen LogP contribution in [0.1, 0.15) is 20.8 Å². The summed E-state index contributed by atoms with van der Waals surface area (Å²) < 4.78 is 11.2. The van der Waals surface area contributed by atoms with Crippen LogP contribution in [0.25, 0.3) is 0 Å². The maximum Gasteiger partial charge on any atom is 0.339 e. The summed E-state index contributed by atoms with van der Waals surface area (Å²) in [6.45, 7) is 0.208. The summed E-state index contributed by atoms with van der Waals surface area (Å²) in [6, 6.07) is 10.7. The normalized spacial score (nSPS) is 9.85. The van der Waals surface area contributed by atoms with Crippen LogP contribution < -0.4 is 4.74 Å². The molecule has 1 aromatic heterocycles. The lowest BCUT2D eigenvalue weighted by atomic mass is 10.2. The van der Waals surface area contributed by atoms with Gasteiger partial charge in [0.15, 0.2) is 0 Å². The van der Waals surface area contributed by atoms with Gasteiger partial charge in [0.1, 0.15) is 18.4 Å². The van der Waals surface area contributed by atoms with Crippen molar-refractivity contribution in [2.24, 2.45) is 0 Å². The van der Waals surface area contributed by atoms with E-state index in [0.29, 0.717) is 16.9 Å². The highest BCUT2D eigenvalue weighted by Crippen LogP contribution is 2.29. The van der Waals surface area contributed by atoms with Crippen molar-refractivity contribution in [3.63, 3.8) is 0 Å². The SMILES string of the molecule is COC(=O)c1cc(Br)sc1COc1ccccc1C#N. The number of hydrogen-bond acceptors (Lipinski definition) is 5. The molecule has 1 aromatic carbocycles. The highest BCUT2D eigenvalue weighted by Gasteiger charge is 2.16. The Labute approximate surface area is 128 Å². The largest absolute Gasteiger partial charge is 0.487 e. The van der Waals surface area contributed by atoms with E-state index in [1.165, 1.54) is 18.4 Å². The van der Waals surface area contributed by atoms with Crippen LogP contribution in [0.4, 0.5) is 0 Å². The van der Waals surface area contributed by atoms with Crippen LogP contribution in [0.15, 0.2) is 34.1 Å². The first-order valence-electron chi connectivity index (χ1n) is 5.64. The lowest BCUT2D eigenvalue weighted by Gasteiger charge is -2.07. The number of thiophene rings is 1. The number of methoxy groups -OCH3 is 1. The van der Waals surface area contributed by atoms with E-state index in [9.17, 15) is 4.79 Å². The average Bonchev–Trinajstić information content (AvgIpc) is 2.85. The van der Waals surface area contributed by atoms with Gasteiger partial charge in [0, 0.05) is 0 Å². The summed E-state index contributed by atoms with van der Waals surface area (Å²) in [4.78, 5) is 12.4. The molecule has 0 aliphatic carbocycles. The summed E-state index contributed by atoms with van der Waals surface area (Å²) in [5.41, 5.74) is 0.932. The Kier molecular flexibility index (Phi) is 4.77. The summed E-state index contributed by atoms with van der Waals surface area (Å²) in [5, 5.41) is 8.99. The first-order chi connectivity index (χ1) is 9.65. The van der Waals surface area contributed by atoms with Gasteiger partial charge in [-0.2, -0.15) is 5.26 Å². The highest BCUT2D eigenvalue weighted by atomic mass is 79.9. The van der Waals surface area contributed by atoms with E-state index >= 15 is 0 Å². The Balaban J connectivity index is 2.19. The molecule has 0 saturated carbocycles. The van der Waals surface area contributed by atoms with Crippen LogP contribution in [0.3, 0.4) is 0 Å². The molecule has 102 valence electrons. The van der Waals surface area contributed by atoms with E-state index in [1.807, 2.05) is 0 Å². The number of ether oxygens (including phenoxy) is 2. The second kappa shape index (κ2) is 6.55. The molecule has 0 aliphatic heterocycles. The van der Waals surface area contributed by atoms with E-state index in [-0.39, 0.29) is 6.61 Å². The molecule has 2 aromatic rings. The van der Waals surface area contributed by atoms with Crippen LogP contribution in [0.2, 0.25) is 0 Å². The molecule has 0 unspecified atom stereocenters. The van der Waals surface area contributed by atoms with Crippen molar-refractivity contribution in [3.05, 3.63) is 50.1 Å². The molecule has 0 amide bonds. The molecule has 0 saturated heterocycles. The first-order valence-corrected chi connectivity index (χ1v) is 7.25. The molecule has 0 fully saturated rings. The number of benzene rings is 1. The molecule has 6 heteroatoms. The maximum atomic E-state index is 11.6. The molecule has 0 atom stereocenters. The summed E-state index contributed by atoms with van der Waals surface area (Å²) in [7, 11) is 1.34. The number of carbonyl (C=O) groups is 1. The van der Waals surface area contributed by atoms with E-state index in [2.05, 4.69) is 22.0 Å². The van der Waals surface area contributed by atoms with Crippen LogP contribution >= 0.6 is 27.3 Å². The number of nitrogens with zero attached hydrogens (tertiary/aromatic N) is 1. The monoisotopic (exact) mass is 351 g/mol. The third kappa shape index (κ3) is 3.18. The molecule has 0 bridgehead atoms. The zero-order valence-corrected chi connectivity index (χ0v) is 13.0. The molecular weight excluding hydrogens is 342 g/mol. The minimum atomic E-state index is -0.404. The predicted molar refractivity (Wildman–Crippen MR) is 78.8 cm³/mol. The van der Waals surface area contributed by atoms with E-state index in [0.717, 1.165) is 8.66 Å². The van der Waals surface area contributed by atoms with E-state index in [1.54, 1.807) is 30.3 Å². The summed E-state index contributed by atoms with van der Waals surface area (Å²) in [5.74, 6) is 0.0921. The van der Waals surface area contributed by atoms with Crippen LogP contribution in [0.5, 0.6) is 5.75 Å². The third-order valence-electron chi connectivity index (χ3n) is 2.55. The van der Waals surface area contributed by atoms with Gasteiger partial charge in [0.05, 0.1) is 26.9 Å². The van der Waals surface area contributed by atoms with Crippen molar-refractivity contribution in [2.45, 2.75) is 6.61 Å². The standard InChI is InChI=1S/C14H10BrNO3S/c1-18-14(17)10-6-13(15)20-12(10)8-19-11-5-3-2-4-9(11)7-16/h2-6H,8H2,1H3. The van der Waals surface area contributed by atoms with Crippen molar-refractivity contribution < 1.29 is 14.3 Å². The van der Waals surface area contributed by atoms with Crippen LogP contribution in [-0.4, -0.2) is 13.1 Å². The molecule has 20 heavy (non-hydrogen) atoms. The molecule has 2 rings (SSSR count). The molecule has 0 spiro atoms. The zero-order valence-electron chi connectivity index (χ0n) is 10.6. The Hall–Kier alpha value is -1.84. The molecule has 0 aliphatic rings. The summed E-state index contributed by atoms with van der Waals surface area (Å²) >= 11 is 4.74. The lowest BCUT2D eigenvalue weighted by molar-refractivity contribution is 0.0598. The fourth-order valence-corrected chi connectivity index (χ4v) is 3.21. The minimum absolute atomic E-state index is 0.208. The fraction of sp³-hybridized carbons (Fsp3) is 0.143. The maximum absolute atomic E-state index is 11.6. The topological polar surface area (TPSA) is 59.3 Å². The molecule has 0 N–H and O–H groups in total. The van der Waals surface area contributed by atoms with Crippen molar-refractivity contribution in [1.82, 2.24) is 0 Å². The van der Waals surface area contributed by atoms with Gasteiger partial charge in [0.2, 0.25) is 0 Å². The Morgan fingerprint density at radius 1 is 1.45 bits per heavy atom. The predicted octanol–water partition coefficient (Wildman–Crippen LogP) is 3.75. The van der Waals surface area contributed by atoms with E-state index in [4.69, 9.17) is 14.7 Å². The highest BCUT2D eigenvalue weighted by molar-refractivity contribution is 9.11. The van der Waals surface area contributed by atoms with Gasteiger partial charge in [-0.25, -0.2) is 4.79 Å². The smallest absolute Gasteiger partial charge is 0.339 e. The number of para-hydroxylation sites is 1. The van der Waals surface area contributed by atoms with Gasteiger partial charge in [-0.1, -0.05) is 12.1 Å². The second-order valence-corrected chi connectivity index (χ2v) is 6.29. The summed E-state index contributed by atoms with van der Waals surface area (Å²) in [6.07, 6.45) is 0. The number of carbonyl (C=O) groups excluding carboxylic acids is 1. The lowest BCUT2D eigenvalue weighted by Crippen LogP contribution is -2.05. The first kappa shape index (κ1) is 14.6. The van der Waals surface area contributed by atoms with Gasteiger partial charge in [-0.05, 0) is 34.1 Å². The fourth-order valence-electron chi connectivity index (χ4n) is 1.61. The minimum Gasteiger partial charge on any atom is -0.487 e.